The Bertz CT molecular complexity index is 360. The number of benzene rings is 1. The first kappa shape index (κ1) is 13.8. The van der Waals surface area contributed by atoms with Crippen molar-refractivity contribution in [2.75, 3.05) is 0 Å². The molecule has 0 bridgehead atoms. The summed E-state index contributed by atoms with van der Waals surface area (Å²) in [7, 11) is 0. The van der Waals surface area contributed by atoms with Gasteiger partial charge in [-0.05, 0) is 5.56 Å². The number of rotatable bonds is 2. The number of hydrogen-bond acceptors (Lipinski definition) is 2. The zero-order valence-corrected chi connectivity index (χ0v) is 8.13. The molecule has 1 rings (SSSR count). The van der Waals surface area contributed by atoms with Crippen molar-refractivity contribution in [3.05, 3.63) is 35.9 Å². The number of hydrogen-bond donors (Lipinski definition) is 1. The molecule has 1 unspecified atom stereocenters. The third kappa shape index (κ3) is 3.34. The molecule has 0 radical (unpaired) electrons. The second-order valence-corrected chi connectivity index (χ2v) is 3.17. The SMILES string of the molecule is ON(C(c1ccccc1)C(F)(F)F)C(F)(F)F. The Morgan fingerprint density at radius 2 is 1.41 bits per heavy atom. The van der Waals surface area contributed by atoms with Crippen molar-refractivity contribution in [3.63, 3.8) is 0 Å². The molecule has 1 N–H and O–H groups in total. The molecule has 0 saturated heterocycles. The van der Waals surface area contributed by atoms with E-state index in [9.17, 15) is 26.3 Å². The summed E-state index contributed by atoms with van der Waals surface area (Å²) in [5.74, 6) is 0. The molecule has 0 amide bonds. The summed E-state index contributed by atoms with van der Waals surface area (Å²) in [6.45, 7) is 0. The minimum atomic E-state index is -5.49. The van der Waals surface area contributed by atoms with Crippen LogP contribution in [0, 0.1) is 0 Å². The standard InChI is InChI=1S/C9H7F6NO/c10-8(11,12)7(16(17)9(13,14)15)6-4-2-1-3-5-6/h1-5,7,17H. The van der Waals surface area contributed by atoms with Crippen molar-refractivity contribution < 1.29 is 31.5 Å². The minimum absolute atomic E-state index is 0.695. The Morgan fingerprint density at radius 1 is 0.941 bits per heavy atom. The van der Waals surface area contributed by atoms with E-state index in [0.29, 0.717) is 0 Å². The van der Waals surface area contributed by atoms with Crippen LogP contribution in [0.15, 0.2) is 30.3 Å². The highest BCUT2D eigenvalue weighted by Crippen LogP contribution is 2.41. The average molecular weight is 259 g/mol. The summed E-state index contributed by atoms with van der Waals surface area (Å²) in [5.41, 5.74) is -0.695. The van der Waals surface area contributed by atoms with Gasteiger partial charge in [-0.1, -0.05) is 35.4 Å². The van der Waals surface area contributed by atoms with E-state index in [1.54, 1.807) is 0 Å². The molecule has 1 aromatic rings. The van der Waals surface area contributed by atoms with Gasteiger partial charge < -0.3 is 5.21 Å². The summed E-state index contributed by atoms with van der Waals surface area (Å²) in [6, 6.07) is 2.23. The van der Waals surface area contributed by atoms with Crippen LogP contribution in [0.25, 0.3) is 0 Å². The molecular formula is C9H7F6NO. The largest absolute Gasteiger partial charge is 0.483 e. The van der Waals surface area contributed by atoms with Crippen LogP contribution in [-0.4, -0.2) is 22.7 Å². The minimum Gasteiger partial charge on any atom is -0.305 e. The molecule has 0 spiro atoms. The smallest absolute Gasteiger partial charge is 0.305 e. The summed E-state index contributed by atoms with van der Waals surface area (Å²) < 4.78 is 73.7. The Kier molecular flexibility index (Phi) is 3.68. The van der Waals surface area contributed by atoms with Crippen molar-refractivity contribution in [2.45, 2.75) is 18.5 Å². The van der Waals surface area contributed by atoms with Gasteiger partial charge in [0.2, 0.25) is 0 Å². The van der Waals surface area contributed by atoms with Crippen LogP contribution in [0.4, 0.5) is 26.3 Å². The second kappa shape index (κ2) is 4.53. The molecule has 8 heteroatoms. The van der Waals surface area contributed by atoms with E-state index in [2.05, 4.69) is 0 Å². The predicted octanol–water partition coefficient (Wildman–Crippen LogP) is 3.50. The molecule has 1 atom stereocenters. The highest BCUT2D eigenvalue weighted by atomic mass is 19.4. The zero-order chi connectivity index (χ0) is 13.3. The van der Waals surface area contributed by atoms with E-state index in [0.717, 1.165) is 24.3 Å². The van der Waals surface area contributed by atoms with E-state index in [4.69, 9.17) is 5.21 Å². The van der Waals surface area contributed by atoms with Crippen LogP contribution >= 0.6 is 0 Å². The van der Waals surface area contributed by atoms with Gasteiger partial charge in [0.25, 0.3) is 0 Å². The van der Waals surface area contributed by atoms with Gasteiger partial charge in [0.05, 0.1) is 0 Å². The second-order valence-electron chi connectivity index (χ2n) is 3.17. The third-order valence-electron chi connectivity index (χ3n) is 1.93. The van der Waals surface area contributed by atoms with Crippen molar-refractivity contribution in [3.8, 4) is 0 Å². The molecule has 0 aliphatic carbocycles. The fraction of sp³-hybridized carbons (Fsp3) is 0.333. The Labute approximate surface area is 92.0 Å². The van der Waals surface area contributed by atoms with E-state index in [-0.39, 0.29) is 0 Å². The van der Waals surface area contributed by atoms with Gasteiger partial charge in [0, 0.05) is 0 Å². The monoisotopic (exact) mass is 259 g/mol. The predicted molar refractivity (Wildman–Crippen MR) is 44.9 cm³/mol. The van der Waals surface area contributed by atoms with E-state index in [1.807, 2.05) is 0 Å². The lowest BCUT2D eigenvalue weighted by Crippen LogP contribution is -2.44. The summed E-state index contributed by atoms with van der Waals surface area (Å²) in [5, 5.41) is 6.97. The molecule has 0 heterocycles. The zero-order valence-electron chi connectivity index (χ0n) is 8.13. The highest BCUT2D eigenvalue weighted by molar-refractivity contribution is 5.20. The molecule has 96 valence electrons. The molecule has 17 heavy (non-hydrogen) atoms. The van der Waals surface area contributed by atoms with Crippen molar-refractivity contribution in [2.24, 2.45) is 0 Å². The Balaban J connectivity index is 3.15. The molecule has 2 nitrogen and oxygen atoms in total. The van der Waals surface area contributed by atoms with E-state index >= 15 is 0 Å². The molecule has 0 fully saturated rings. The summed E-state index contributed by atoms with van der Waals surface area (Å²) in [4.78, 5) is 0. The van der Waals surface area contributed by atoms with Gasteiger partial charge in [-0.25, -0.2) is 0 Å². The van der Waals surface area contributed by atoms with Crippen molar-refractivity contribution in [1.29, 1.82) is 0 Å². The highest BCUT2D eigenvalue weighted by Gasteiger charge is 2.53. The van der Waals surface area contributed by atoms with Gasteiger partial charge in [-0.2, -0.15) is 26.3 Å². The molecular weight excluding hydrogens is 252 g/mol. The van der Waals surface area contributed by atoms with Gasteiger partial charge >= 0.3 is 12.5 Å². The fourth-order valence-electron chi connectivity index (χ4n) is 1.25. The topological polar surface area (TPSA) is 23.5 Å². The Hall–Kier alpha value is -1.28. The van der Waals surface area contributed by atoms with Crippen LogP contribution < -0.4 is 0 Å². The maximum Gasteiger partial charge on any atom is 0.483 e. The van der Waals surface area contributed by atoms with Gasteiger partial charge in [0.1, 0.15) is 0 Å². The first-order valence-electron chi connectivity index (χ1n) is 4.30. The van der Waals surface area contributed by atoms with Gasteiger partial charge in [0.15, 0.2) is 6.04 Å². The molecule has 0 aliphatic rings. The third-order valence-corrected chi connectivity index (χ3v) is 1.93. The fourth-order valence-corrected chi connectivity index (χ4v) is 1.25. The van der Waals surface area contributed by atoms with Crippen LogP contribution in [0.3, 0.4) is 0 Å². The quantitative estimate of drug-likeness (QED) is 0.499. The summed E-state index contributed by atoms with van der Waals surface area (Å²) >= 11 is 0. The average Bonchev–Trinajstić information content (AvgIpc) is 2.15. The lowest BCUT2D eigenvalue weighted by molar-refractivity contribution is -0.399. The lowest BCUT2D eigenvalue weighted by atomic mass is 10.1. The Morgan fingerprint density at radius 3 is 1.76 bits per heavy atom. The molecule has 0 aliphatic heterocycles. The van der Waals surface area contributed by atoms with E-state index in [1.165, 1.54) is 6.07 Å². The first-order valence-corrected chi connectivity index (χ1v) is 4.30. The molecule has 0 saturated carbocycles. The van der Waals surface area contributed by atoms with Crippen LogP contribution in [0.1, 0.15) is 11.6 Å². The summed E-state index contributed by atoms with van der Waals surface area (Å²) in [6.07, 6.45) is -10.7. The van der Waals surface area contributed by atoms with Crippen molar-refractivity contribution >= 4 is 0 Å². The number of nitrogens with zero attached hydrogens (tertiary/aromatic N) is 1. The number of halogens is 6. The normalized spacial score (nSPS) is 15.1. The maximum atomic E-state index is 12.5. The number of alkyl halides is 6. The first-order chi connectivity index (χ1) is 7.64. The van der Waals surface area contributed by atoms with Crippen molar-refractivity contribution in [1.82, 2.24) is 5.06 Å². The van der Waals surface area contributed by atoms with Gasteiger partial charge in [-0.15, -0.1) is 0 Å². The van der Waals surface area contributed by atoms with Crippen LogP contribution in [0.2, 0.25) is 0 Å². The van der Waals surface area contributed by atoms with Crippen LogP contribution in [-0.2, 0) is 0 Å². The van der Waals surface area contributed by atoms with E-state index < -0.39 is 29.1 Å². The molecule has 1 aromatic carbocycles. The lowest BCUT2D eigenvalue weighted by Gasteiger charge is -2.29. The van der Waals surface area contributed by atoms with Crippen LogP contribution in [0.5, 0.6) is 0 Å². The van der Waals surface area contributed by atoms with Gasteiger partial charge in [-0.3, -0.25) is 0 Å². The molecule has 0 aromatic heterocycles. The number of hydroxylamine groups is 2. The maximum absolute atomic E-state index is 12.5.